The van der Waals surface area contributed by atoms with Crippen LogP contribution >= 0.6 is 12.2 Å². The molecular weight excluding hydrogens is 260 g/mol. The Bertz CT molecular complexity index is 631. The standard InChI is InChI=1S/C13H14N4OS/c1-8-11(7-17(2)16-8)15-13(18)10-5-3-9(4-6-10)12(14)19/h3-7H,1-2H3,(H2,14,19)(H,15,18). The maximum atomic E-state index is 12.0. The van der Waals surface area contributed by atoms with Crippen molar-refractivity contribution in [2.45, 2.75) is 6.92 Å². The van der Waals surface area contributed by atoms with E-state index in [1.165, 1.54) is 0 Å². The Hall–Kier alpha value is -2.21. The monoisotopic (exact) mass is 274 g/mol. The maximum absolute atomic E-state index is 12.0. The second-order valence-electron chi connectivity index (χ2n) is 4.20. The fourth-order valence-corrected chi connectivity index (χ4v) is 1.84. The van der Waals surface area contributed by atoms with Gasteiger partial charge in [0.05, 0.1) is 11.4 Å². The quantitative estimate of drug-likeness (QED) is 0.834. The van der Waals surface area contributed by atoms with Crippen LogP contribution in [0.4, 0.5) is 5.69 Å². The molecule has 2 rings (SSSR count). The van der Waals surface area contributed by atoms with Crippen molar-refractivity contribution < 1.29 is 4.79 Å². The van der Waals surface area contributed by atoms with Gasteiger partial charge in [-0.2, -0.15) is 5.10 Å². The fourth-order valence-electron chi connectivity index (χ4n) is 1.70. The number of nitrogens with one attached hydrogen (secondary N) is 1. The van der Waals surface area contributed by atoms with Crippen LogP contribution in [0.3, 0.4) is 0 Å². The molecule has 98 valence electrons. The van der Waals surface area contributed by atoms with E-state index in [0.29, 0.717) is 16.2 Å². The molecular formula is C13H14N4OS. The van der Waals surface area contributed by atoms with Gasteiger partial charge in [-0.25, -0.2) is 0 Å². The molecule has 0 unspecified atom stereocenters. The van der Waals surface area contributed by atoms with E-state index >= 15 is 0 Å². The second-order valence-corrected chi connectivity index (χ2v) is 4.64. The number of thiocarbonyl (C=S) groups is 1. The van der Waals surface area contributed by atoms with E-state index in [2.05, 4.69) is 10.4 Å². The molecule has 0 fully saturated rings. The molecule has 5 nitrogen and oxygen atoms in total. The summed E-state index contributed by atoms with van der Waals surface area (Å²) in [7, 11) is 1.81. The van der Waals surface area contributed by atoms with Crippen LogP contribution in [0.15, 0.2) is 30.5 Å². The van der Waals surface area contributed by atoms with Crippen molar-refractivity contribution in [3.05, 3.63) is 47.3 Å². The van der Waals surface area contributed by atoms with Crippen LogP contribution in [0, 0.1) is 6.92 Å². The van der Waals surface area contributed by atoms with Crippen molar-refractivity contribution in [1.29, 1.82) is 0 Å². The van der Waals surface area contributed by atoms with E-state index in [1.54, 1.807) is 42.2 Å². The molecule has 0 bridgehead atoms. The van der Waals surface area contributed by atoms with Gasteiger partial charge in [0, 0.05) is 24.4 Å². The third-order valence-electron chi connectivity index (χ3n) is 2.69. The Morgan fingerprint density at radius 2 is 1.89 bits per heavy atom. The van der Waals surface area contributed by atoms with Crippen molar-refractivity contribution in [1.82, 2.24) is 9.78 Å². The third kappa shape index (κ3) is 2.97. The summed E-state index contributed by atoms with van der Waals surface area (Å²) in [5, 5.41) is 6.97. The summed E-state index contributed by atoms with van der Waals surface area (Å²) in [5.74, 6) is -0.189. The molecule has 1 heterocycles. The summed E-state index contributed by atoms with van der Waals surface area (Å²) in [6.45, 7) is 1.84. The lowest BCUT2D eigenvalue weighted by Gasteiger charge is -2.04. The minimum atomic E-state index is -0.189. The molecule has 3 N–H and O–H groups in total. The Morgan fingerprint density at radius 3 is 2.37 bits per heavy atom. The third-order valence-corrected chi connectivity index (χ3v) is 2.93. The summed E-state index contributed by atoms with van der Waals surface area (Å²) in [4.78, 5) is 12.4. The van der Waals surface area contributed by atoms with Crippen LogP contribution in [0.2, 0.25) is 0 Å². The van der Waals surface area contributed by atoms with Gasteiger partial charge in [0.15, 0.2) is 0 Å². The van der Waals surface area contributed by atoms with Crippen molar-refractivity contribution in [2.24, 2.45) is 12.8 Å². The number of nitrogens with zero attached hydrogens (tertiary/aromatic N) is 2. The summed E-state index contributed by atoms with van der Waals surface area (Å²) < 4.78 is 1.65. The molecule has 0 radical (unpaired) electrons. The van der Waals surface area contributed by atoms with Gasteiger partial charge in [0.2, 0.25) is 0 Å². The molecule has 6 heteroatoms. The average molecular weight is 274 g/mol. The largest absolute Gasteiger partial charge is 0.389 e. The zero-order valence-electron chi connectivity index (χ0n) is 10.7. The van der Waals surface area contributed by atoms with E-state index < -0.39 is 0 Å². The normalized spacial score (nSPS) is 10.2. The summed E-state index contributed by atoms with van der Waals surface area (Å²) in [5.41, 5.74) is 8.26. The van der Waals surface area contributed by atoms with Crippen molar-refractivity contribution in [3.8, 4) is 0 Å². The first-order chi connectivity index (χ1) is 8.97. The summed E-state index contributed by atoms with van der Waals surface area (Å²) in [6, 6.07) is 6.84. The van der Waals surface area contributed by atoms with Gasteiger partial charge in [-0.3, -0.25) is 9.48 Å². The number of aromatic nitrogens is 2. The highest BCUT2D eigenvalue weighted by Crippen LogP contribution is 2.13. The molecule has 2 aromatic rings. The van der Waals surface area contributed by atoms with E-state index in [4.69, 9.17) is 18.0 Å². The first-order valence-electron chi connectivity index (χ1n) is 5.69. The van der Waals surface area contributed by atoms with Crippen LogP contribution in [-0.4, -0.2) is 20.7 Å². The van der Waals surface area contributed by atoms with Gasteiger partial charge < -0.3 is 11.1 Å². The Morgan fingerprint density at radius 1 is 1.32 bits per heavy atom. The topological polar surface area (TPSA) is 72.9 Å². The van der Waals surface area contributed by atoms with E-state index in [-0.39, 0.29) is 5.91 Å². The number of aryl methyl sites for hydroxylation is 2. The maximum Gasteiger partial charge on any atom is 0.255 e. The second kappa shape index (κ2) is 5.19. The number of nitrogens with two attached hydrogens (primary N) is 1. The Labute approximate surface area is 116 Å². The Balaban J connectivity index is 2.16. The smallest absolute Gasteiger partial charge is 0.255 e. The van der Waals surface area contributed by atoms with Crippen LogP contribution < -0.4 is 11.1 Å². The van der Waals surface area contributed by atoms with Crippen LogP contribution in [0.1, 0.15) is 21.6 Å². The first kappa shape index (κ1) is 13.2. The van der Waals surface area contributed by atoms with E-state index in [9.17, 15) is 4.79 Å². The minimum Gasteiger partial charge on any atom is -0.389 e. The SMILES string of the molecule is Cc1nn(C)cc1NC(=O)c1ccc(C(N)=S)cc1. The fraction of sp³-hybridized carbons (Fsp3) is 0.154. The van der Waals surface area contributed by atoms with Gasteiger partial charge in [-0.1, -0.05) is 24.4 Å². The van der Waals surface area contributed by atoms with Crippen LogP contribution in [0.5, 0.6) is 0 Å². The van der Waals surface area contributed by atoms with Gasteiger partial charge in [0.1, 0.15) is 4.99 Å². The number of benzene rings is 1. The number of hydrogen-bond donors (Lipinski definition) is 2. The molecule has 1 aromatic heterocycles. The number of amides is 1. The number of rotatable bonds is 3. The zero-order valence-corrected chi connectivity index (χ0v) is 11.5. The zero-order chi connectivity index (χ0) is 14.0. The Kier molecular flexibility index (Phi) is 3.62. The molecule has 0 saturated carbocycles. The number of hydrogen-bond acceptors (Lipinski definition) is 3. The molecule has 1 aromatic carbocycles. The van der Waals surface area contributed by atoms with Crippen molar-refractivity contribution in [2.75, 3.05) is 5.32 Å². The molecule has 0 aliphatic carbocycles. The number of carbonyl (C=O) groups is 1. The van der Waals surface area contributed by atoms with Gasteiger partial charge >= 0.3 is 0 Å². The van der Waals surface area contributed by atoms with Crippen LogP contribution in [0.25, 0.3) is 0 Å². The number of anilines is 1. The van der Waals surface area contributed by atoms with Crippen LogP contribution in [-0.2, 0) is 7.05 Å². The predicted molar refractivity (Wildman–Crippen MR) is 78.2 cm³/mol. The lowest BCUT2D eigenvalue weighted by atomic mass is 10.1. The highest BCUT2D eigenvalue weighted by atomic mass is 32.1. The molecule has 1 amide bonds. The molecule has 0 aliphatic rings. The van der Waals surface area contributed by atoms with Crippen molar-refractivity contribution >= 4 is 28.8 Å². The molecule has 0 spiro atoms. The molecule has 0 saturated heterocycles. The van der Waals surface area contributed by atoms with E-state index in [1.807, 2.05) is 6.92 Å². The summed E-state index contributed by atoms with van der Waals surface area (Å²) >= 11 is 4.86. The summed E-state index contributed by atoms with van der Waals surface area (Å²) in [6.07, 6.45) is 1.76. The predicted octanol–water partition coefficient (Wildman–Crippen LogP) is 1.62. The molecule has 0 atom stereocenters. The van der Waals surface area contributed by atoms with Gasteiger partial charge in [-0.05, 0) is 19.1 Å². The molecule has 0 aliphatic heterocycles. The lowest BCUT2D eigenvalue weighted by Crippen LogP contribution is -2.13. The average Bonchev–Trinajstić information content (AvgIpc) is 2.68. The van der Waals surface area contributed by atoms with Gasteiger partial charge in [-0.15, -0.1) is 0 Å². The van der Waals surface area contributed by atoms with Gasteiger partial charge in [0.25, 0.3) is 5.91 Å². The minimum absolute atomic E-state index is 0.189. The highest BCUT2D eigenvalue weighted by molar-refractivity contribution is 7.80. The van der Waals surface area contributed by atoms with Crippen molar-refractivity contribution in [3.63, 3.8) is 0 Å². The van der Waals surface area contributed by atoms with E-state index in [0.717, 1.165) is 11.3 Å². The highest BCUT2D eigenvalue weighted by Gasteiger charge is 2.10. The molecule has 19 heavy (non-hydrogen) atoms. The number of carbonyl (C=O) groups excluding carboxylic acids is 1. The first-order valence-corrected chi connectivity index (χ1v) is 6.09. The lowest BCUT2D eigenvalue weighted by molar-refractivity contribution is 0.102.